The van der Waals surface area contributed by atoms with E-state index in [0.717, 1.165) is 11.6 Å². The van der Waals surface area contributed by atoms with Crippen molar-refractivity contribution in [1.82, 2.24) is 0 Å². The van der Waals surface area contributed by atoms with Crippen LogP contribution in [0.25, 0.3) is 0 Å². The molecule has 0 aromatic heterocycles. The van der Waals surface area contributed by atoms with E-state index in [4.69, 9.17) is 5.73 Å². The third-order valence-electron chi connectivity index (χ3n) is 3.37. The highest BCUT2D eigenvalue weighted by atomic mass is 14.6. The Morgan fingerprint density at radius 1 is 1.21 bits per heavy atom. The van der Waals surface area contributed by atoms with Gasteiger partial charge in [0.05, 0.1) is 0 Å². The summed E-state index contributed by atoms with van der Waals surface area (Å²) in [5, 5.41) is 0. The van der Waals surface area contributed by atoms with E-state index >= 15 is 0 Å². The van der Waals surface area contributed by atoms with Crippen LogP contribution in [0.1, 0.15) is 44.1 Å². The number of benzene rings is 1. The van der Waals surface area contributed by atoms with Crippen molar-refractivity contribution in [3.8, 4) is 0 Å². The van der Waals surface area contributed by atoms with Crippen LogP contribution in [-0.4, -0.2) is 0 Å². The van der Waals surface area contributed by atoms with Crippen molar-refractivity contribution >= 4 is 5.69 Å². The third kappa shape index (κ3) is 1.92. The molecule has 0 aliphatic heterocycles. The number of hydrogen-bond acceptors (Lipinski definition) is 1. The summed E-state index contributed by atoms with van der Waals surface area (Å²) in [6, 6.07) is 8.34. The first kappa shape index (κ1) is 9.57. The van der Waals surface area contributed by atoms with Gasteiger partial charge in [0.15, 0.2) is 0 Å². The van der Waals surface area contributed by atoms with E-state index in [-0.39, 0.29) is 0 Å². The van der Waals surface area contributed by atoms with E-state index in [0.29, 0.717) is 5.92 Å². The van der Waals surface area contributed by atoms with Crippen molar-refractivity contribution in [2.45, 2.75) is 38.5 Å². The Balaban J connectivity index is 2.18. The van der Waals surface area contributed by atoms with Gasteiger partial charge in [-0.1, -0.05) is 38.0 Å². The summed E-state index contributed by atoms with van der Waals surface area (Å²) < 4.78 is 0. The fourth-order valence-electron chi connectivity index (χ4n) is 2.60. The van der Waals surface area contributed by atoms with Gasteiger partial charge in [0.2, 0.25) is 0 Å². The number of para-hydroxylation sites is 1. The van der Waals surface area contributed by atoms with Gasteiger partial charge in [-0.05, 0) is 36.3 Å². The minimum absolute atomic E-state index is 0.708. The molecule has 2 N–H and O–H groups in total. The summed E-state index contributed by atoms with van der Waals surface area (Å²) in [7, 11) is 0. The van der Waals surface area contributed by atoms with Crippen LogP contribution >= 0.6 is 0 Å². The lowest BCUT2D eigenvalue weighted by atomic mass is 9.78. The molecule has 0 spiro atoms. The molecule has 0 radical (unpaired) electrons. The largest absolute Gasteiger partial charge is 0.398 e. The van der Waals surface area contributed by atoms with Gasteiger partial charge in [-0.2, -0.15) is 0 Å². The molecule has 1 aromatic rings. The predicted octanol–water partition coefficient (Wildman–Crippen LogP) is 3.56. The summed E-state index contributed by atoms with van der Waals surface area (Å²) >= 11 is 0. The van der Waals surface area contributed by atoms with Crippen LogP contribution in [0.15, 0.2) is 24.3 Å². The fraction of sp³-hybridized carbons (Fsp3) is 0.538. The van der Waals surface area contributed by atoms with Gasteiger partial charge in [-0.3, -0.25) is 0 Å². The van der Waals surface area contributed by atoms with Gasteiger partial charge in [0, 0.05) is 5.69 Å². The van der Waals surface area contributed by atoms with Gasteiger partial charge >= 0.3 is 0 Å². The van der Waals surface area contributed by atoms with Gasteiger partial charge < -0.3 is 5.73 Å². The predicted molar refractivity (Wildman–Crippen MR) is 61.2 cm³/mol. The molecule has 1 aliphatic rings. The summed E-state index contributed by atoms with van der Waals surface area (Å²) in [6.45, 7) is 2.35. The summed E-state index contributed by atoms with van der Waals surface area (Å²) in [5.41, 5.74) is 8.35. The van der Waals surface area contributed by atoms with E-state index in [2.05, 4.69) is 19.1 Å². The molecule has 1 saturated carbocycles. The SMILES string of the molecule is C[C@H]1CCC[C@@H](c2ccccc2N)C1. The first-order valence-corrected chi connectivity index (χ1v) is 5.62. The molecule has 1 nitrogen and oxygen atoms in total. The molecular formula is C13H19N. The first-order valence-electron chi connectivity index (χ1n) is 5.62. The third-order valence-corrected chi connectivity index (χ3v) is 3.37. The normalized spacial score (nSPS) is 27.5. The molecule has 0 amide bonds. The standard InChI is InChI=1S/C13H19N/c1-10-5-4-6-11(9-10)12-7-2-3-8-13(12)14/h2-3,7-8,10-11H,4-6,9,14H2,1H3/t10-,11+/m0/s1. The second kappa shape index (κ2) is 4.04. The number of hydrogen-bond donors (Lipinski definition) is 1. The summed E-state index contributed by atoms with van der Waals surface area (Å²) in [5.74, 6) is 1.58. The Kier molecular flexibility index (Phi) is 2.76. The lowest BCUT2D eigenvalue weighted by Gasteiger charge is -2.27. The molecule has 0 saturated heterocycles. The number of anilines is 1. The lowest BCUT2D eigenvalue weighted by molar-refractivity contribution is 0.344. The number of rotatable bonds is 1. The number of nitrogens with two attached hydrogens (primary N) is 1. The van der Waals surface area contributed by atoms with E-state index in [1.165, 1.54) is 31.2 Å². The van der Waals surface area contributed by atoms with Crippen molar-refractivity contribution < 1.29 is 0 Å². The first-order chi connectivity index (χ1) is 6.77. The Morgan fingerprint density at radius 2 is 2.00 bits per heavy atom. The van der Waals surface area contributed by atoms with Gasteiger partial charge in [0.1, 0.15) is 0 Å². The van der Waals surface area contributed by atoms with Crippen LogP contribution in [0.5, 0.6) is 0 Å². The summed E-state index contributed by atoms with van der Waals surface area (Å²) in [4.78, 5) is 0. The maximum Gasteiger partial charge on any atom is 0.0349 e. The van der Waals surface area contributed by atoms with E-state index < -0.39 is 0 Å². The van der Waals surface area contributed by atoms with Crippen LogP contribution in [0, 0.1) is 5.92 Å². The zero-order valence-electron chi connectivity index (χ0n) is 8.87. The fourth-order valence-corrected chi connectivity index (χ4v) is 2.60. The maximum atomic E-state index is 6.00. The maximum absolute atomic E-state index is 6.00. The molecule has 14 heavy (non-hydrogen) atoms. The van der Waals surface area contributed by atoms with Crippen LogP contribution < -0.4 is 5.73 Å². The molecule has 1 fully saturated rings. The minimum atomic E-state index is 0.708. The average Bonchev–Trinajstić information content (AvgIpc) is 2.18. The molecule has 1 aromatic carbocycles. The number of nitrogen functional groups attached to an aromatic ring is 1. The second-order valence-electron chi connectivity index (χ2n) is 4.60. The van der Waals surface area contributed by atoms with Crippen molar-refractivity contribution in [3.05, 3.63) is 29.8 Å². The van der Waals surface area contributed by atoms with E-state index in [9.17, 15) is 0 Å². The Bertz CT molecular complexity index is 306. The van der Waals surface area contributed by atoms with Crippen molar-refractivity contribution in [3.63, 3.8) is 0 Å². The molecule has 1 heteroatoms. The van der Waals surface area contributed by atoms with Crippen molar-refractivity contribution in [2.24, 2.45) is 5.92 Å². The Hall–Kier alpha value is -0.980. The molecule has 2 rings (SSSR count). The molecule has 0 heterocycles. The Labute approximate surface area is 86.3 Å². The Morgan fingerprint density at radius 3 is 2.71 bits per heavy atom. The molecule has 0 bridgehead atoms. The van der Waals surface area contributed by atoms with Crippen LogP contribution in [-0.2, 0) is 0 Å². The highest BCUT2D eigenvalue weighted by Crippen LogP contribution is 2.37. The molecule has 76 valence electrons. The van der Waals surface area contributed by atoms with Crippen LogP contribution in [0.3, 0.4) is 0 Å². The molecule has 0 unspecified atom stereocenters. The van der Waals surface area contributed by atoms with E-state index in [1.807, 2.05) is 12.1 Å². The van der Waals surface area contributed by atoms with Crippen LogP contribution in [0.4, 0.5) is 5.69 Å². The zero-order chi connectivity index (χ0) is 9.97. The topological polar surface area (TPSA) is 26.0 Å². The molecule has 2 atom stereocenters. The second-order valence-corrected chi connectivity index (χ2v) is 4.60. The van der Waals surface area contributed by atoms with E-state index in [1.54, 1.807) is 0 Å². The molecular weight excluding hydrogens is 170 g/mol. The average molecular weight is 189 g/mol. The van der Waals surface area contributed by atoms with Gasteiger partial charge in [-0.15, -0.1) is 0 Å². The lowest BCUT2D eigenvalue weighted by Crippen LogP contribution is -2.12. The highest BCUT2D eigenvalue weighted by molar-refractivity contribution is 5.48. The monoisotopic (exact) mass is 189 g/mol. The highest BCUT2D eigenvalue weighted by Gasteiger charge is 2.21. The smallest absolute Gasteiger partial charge is 0.0349 e. The van der Waals surface area contributed by atoms with Crippen molar-refractivity contribution in [2.75, 3.05) is 5.73 Å². The van der Waals surface area contributed by atoms with Crippen LogP contribution in [0.2, 0.25) is 0 Å². The zero-order valence-corrected chi connectivity index (χ0v) is 8.87. The van der Waals surface area contributed by atoms with Crippen molar-refractivity contribution in [1.29, 1.82) is 0 Å². The molecule has 1 aliphatic carbocycles. The quantitative estimate of drug-likeness (QED) is 0.672. The van der Waals surface area contributed by atoms with Gasteiger partial charge in [0.25, 0.3) is 0 Å². The minimum Gasteiger partial charge on any atom is -0.398 e. The van der Waals surface area contributed by atoms with Gasteiger partial charge in [-0.25, -0.2) is 0 Å². The summed E-state index contributed by atoms with van der Waals surface area (Å²) in [6.07, 6.45) is 5.39.